The molecule has 1 amide bonds. The summed E-state index contributed by atoms with van der Waals surface area (Å²) >= 11 is 0. The van der Waals surface area contributed by atoms with Gasteiger partial charge in [-0.05, 0) is 25.5 Å². The maximum absolute atomic E-state index is 13.2. The number of carbonyl (C=O) groups excluding carboxylic acids is 1. The lowest BCUT2D eigenvalue weighted by molar-refractivity contribution is -0.118. The van der Waals surface area contributed by atoms with Gasteiger partial charge in [0.1, 0.15) is 0 Å². The normalized spacial score (nSPS) is 10.5. The number of unbranched alkanes of at least 4 members (excludes halogenated alkanes) is 1. The van der Waals surface area contributed by atoms with Gasteiger partial charge in [0, 0.05) is 18.5 Å². The number of rotatable bonds is 7. The van der Waals surface area contributed by atoms with Crippen molar-refractivity contribution < 1.29 is 13.6 Å². The standard InChI is InChI=1S/C12H16F2N2O/c13-10-5-3-4-9(12(10)14)8-16-7-2-1-6-11(15)17/h3-5,16H,1-2,6-8H2,(H2,15,17). The van der Waals surface area contributed by atoms with Crippen molar-refractivity contribution in [2.45, 2.75) is 25.8 Å². The van der Waals surface area contributed by atoms with Gasteiger partial charge < -0.3 is 11.1 Å². The molecule has 0 radical (unpaired) electrons. The minimum Gasteiger partial charge on any atom is -0.370 e. The Bertz CT molecular complexity index is 383. The third-order valence-electron chi connectivity index (χ3n) is 2.37. The second-order valence-corrected chi connectivity index (χ2v) is 3.81. The quantitative estimate of drug-likeness (QED) is 0.715. The Morgan fingerprint density at radius 2 is 2.06 bits per heavy atom. The van der Waals surface area contributed by atoms with Crippen LogP contribution in [-0.2, 0) is 11.3 Å². The average molecular weight is 242 g/mol. The van der Waals surface area contributed by atoms with Crippen LogP contribution in [0.2, 0.25) is 0 Å². The molecule has 0 bridgehead atoms. The summed E-state index contributed by atoms with van der Waals surface area (Å²) in [7, 11) is 0. The maximum atomic E-state index is 13.2. The number of benzene rings is 1. The SMILES string of the molecule is NC(=O)CCCCNCc1cccc(F)c1F. The third-order valence-corrected chi connectivity index (χ3v) is 2.37. The Morgan fingerprint density at radius 3 is 2.76 bits per heavy atom. The summed E-state index contributed by atoms with van der Waals surface area (Å²) in [5, 5.41) is 2.98. The van der Waals surface area contributed by atoms with Crippen LogP contribution in [0.1, 0.15) is 24.8 Å². The highest BCUT2D eigenvalue weighted by molar-refractivity contribution is 5.73. The van der Waals surface area contributed by atoms with Gasteiger partial charge in [-0.1, -0.05) is 12.1 Å². The summed E-state index contributed by atoms with van der Waals surface area (Å²) < 4.78 is 26.1. The second-order valence-electron chi connectivity index (χ2n) is 3.81. The van der Waals surface area contributed by atoms with Crippen molar-refractivity contribution in [2.75, 3.05) is 6.54 Å². The molecule has 0 saturated carbocycles. The van der Waals surface area contributed by atoms with E-state index in [0.29, 0.717) is 24.9 Å². The lowest BCUT2D eigenvalue weighted by Gasteiger charge is -2.06. The van der Waals surface area contributed by atoms with E-state index in [0.717, 1.165) is 12.5 Å². The molecule has 17 heavy (non-hydrogen) atoms. The van der Waals surface area contributed by atoms with Gasteiger partial charge >= 0.3 is 0 Å². The lowest BCUT2D eigenvalue weighted by Crippen LogP contribution is -2.17. The molecule has 0 aliphatic carbocycles. The summed E-state index contributed by atoms with van der Waals surface area (Å²) in [6, 6.07) is 4.10. The number of amides is 1. The number of primary amides is 1. The zero-order chi connectivity index (χ0) is 12.7. The third kappa shape index (κ3) is 4.91. The molecule has 0 fully saturated rings. The number of carbonyl (C=O) groups is 1. The van der Waals surface area contributed by atoms with Gasteiger partial charge in [-0.25, -0.2) is 8.78 Å². The first-order chi connectivity index (χ1) is 8.11. The largest absolute Gasteiger partial charge is 0.370 e. The molecule has 0 unspecified atom stereocenters. The molecule has 94 valence electrons. The highest BCUT2D eigenvalue weighted by atomic mass is 19.2. The Morgan fingerprint density at radius 1 is 1.29 bits per heavy atom. The van der Waals surface area contributed by atoms with Crippen molar-refractivity contribution in [1.29, 1.82) is 0 Å². The van der Waals surface area contributed by atoms with Crippen LogP contribution in [0.25, 0.3) is 0 Å². The molecular formula is C12H16F2N2O. The van der Waals surface area contributed by atoms with Crippen molar-refractivity contribution in [2.24, 2.45) is 5.73 Å². The van der Waals surface area contributed by atoms with Gasteiger partial charge in [-0.3, -0.25) is 4.79 Å². The average Bonchev–Trinajstić information content (AvgIpc) is 2.28. The van der Waals surface area contributed by atoms with E-state index >= 15 is 0 Å². The maximum Gasteiger partial charge on any atom is 0.217 e. The highest BCUT2D eigenvalue weighted by Crippen LogP contribution is 2.10. The first-order valence-corrected chi connectivity index (χ1v) is 5.53. The van der Waals surface area contributed by atoms with Gasteiger partial charge in [0.05, 0.1) is 0 Å². The van der Waals surface area contributed by atoms with Crippen LogP contribution in [0, 0.1) is 11.6 Å². The molecule has 1 aromatic carbocycles. The fourth-order valence-electron chi connectivity index (χ4n) is 1.46. The Hall–Kier alpha value is -1.49. The summed E-state index contributed by atoms with van der Waals surface area (Å²) in [6.45, 7) is 0.920. The van der Waals surface area contributed by atoms with E-state index in [9.17, 15) is 13.6 Å². The molecule has 3 N–H and O–H groups in total. The van der Waals surface area contributed by atoms with Crippen molar-refractivity contribution >= 4 is 5.91 Å². The fraction of sp³-hybridized carbons (Fsp3) is 0.417. The molecule has 0 aromatic heterocycles. The monoisotopic (exact) mass is 242 g/mol. The summed E-state index contributed by atoms with van der Waals surface area (Å²) in [6.07, 6.45) is 1.84. The number of halogens is 2. The minimum atomic E-state index is -0.835. The lowest BCUT2D eigenvalue weighted by atomic mass is 10.2. The minimum absolute atomic E-state index is 0.278. The molecule has 0 aliphatic heterocycles. The van der Waals surface area contributed by atoms with Gasteiger partial charge in [-0.15, -0.1) is 0 Å². The Kier molecular flexibility index (Phi) is 5.56. The number of nitrogens with two attached hydrogens (primary N) is 1. The number of nitrogens with one attached hydrogen (secondary N) is 1. The van der Waals surface area contributed by atoms with Crippen molar-refractivity contribution in [1.82, 2.24) is 5.32 Å². The smallest absolute Gasteiger partial charge is 0.217 e. The zero-order valence-corrected chi connectivity index (χ0v) is 9.51. The summed E-state index contributed by atoms with van der Waals surface area (Å²) in [5.74, 6) is -1.96. The van der Waals surface area contributed by atoms with Crippen LogP contribution >= 0.6 is 0 Å². The molecular weight excluding hydrogens is 226 g/mol. The topological polar surface area (TPSA) is 55.1 Å². The van der Waals surface area contributed by atoms with Crippen LogP contribution in [0.4, 0.5) is 8.78 Å². The van der Waals surface area contributed by atoms with Crippen LogP contribution in [0.3, 0.4) is 0 Å². The highest BCUT2D eigenvalue weighted by Gasteiger charge is 2.06. The Balaban J connectivity index is 2.22. The first kappa shape index (κ1) is 13.6. The number of hydrogen-bond acceptors (Lipinski definition) is 2. The van der Waals surface area contributed by atoms with Crippen LogP contribution in [-0.4, -0.2) is 12.5 Å². The van der Waals surface area contributed by atoms with Crippen LogP contribution in [0.15, 0.2) is 18.2 Å². The van der Waals surface area contributed by atoms with Crippen LogP contribution < -0.4 is 11.1 Å². The predicted octanol–water partition coefficient (Wildman–Crippen LogP) is 1.71. The van der Waals surface area contributed by atoms with Crippen molar-refractivity contribution in [3.05, 3.63) is 35.4 Å². The molecule has 0 atom stereocenters. The van der Waals surface area contributed by atoms with E-state index in [4.69, 9.17) is 5.73 Å². The van der Waals surface area contributed by atoms with E-state index in [1.807, 2.05) is 0 Å². The van der Waals surface area contributed by atoms with E-state index < -0.39 is 11.6 Å². The van der Waals surface area contributed by atoms with Crippen molar-refractivity contribution in [3.63, 3.8) is 0 Å². The predicted molar refractivity (Wildman–Crippen MR) is 61.1 cm³/mol. The molecule has 5 heteroatoms. The molecule has 0 heterocycles. The van der Waals surface area contributed by atoms with E-state index in [1.54, 1.807) is 0 Å². The van der Waals surface area contributed by atoms with Gasteiger partial charge in [-0.2, -0.15) is 0 Å². The van der Waals surface area contributed by atoms with Gasteiger partial charge in [0.15, 0.2) is 11.6 Å². The van der Waals surface area contributed by atoms with E-state index in [-0.39, 0.29) is 12.5 Å². The molecule has 1 aromatic rings. The number of hydrogen-bond donors (Lipinski definition) is 2. The molecule has 3 nitrogen and oxygen atoms in total. The Labute approximate surface area is 99.0 Å². The van der Waals surface area contributed by atoms with Gasteiger partial charge in [0.2, 0.25) is 5.91 Å². The summed E-state index contributed by atoms with van der Waals surface area (Å²) in [5.41, 5.74) is 5.29. The fourth-order valence-corrected chi connectivity index (χ4v) is 1.46. The molecule has 0 saturated heterocycles. The first-order valence-electron chi connectivity index (χ1n) is 5.53. The van der Waals surface area contributed by atoms with Crippen molar-refractivity contribution in [3.8, 4) is 0 Å². The van der Waals surface area contributed by atoms with Gasteiger partial charge in [0.25, 0.3) is 0 Å². The summed E-state index contributed by atoms with van der Waals surface area (Å²) in [4.78, 5) is 10.4. The van der Waals surface area contributed by atoms with E-state index in [2.05, 4.69) is 5.32 Å². The van der Waals surface area contributed by atoms with Crippen LogP contribution in [0.5, 0.6) is 0 Å². The molecule has 0 spiro atoms. The molecule has 1 rings (SSSR count). The second kappa shape index (κ2) is 6.96. The zero-order valence-electron chi connectivity index (χ0n) is 9.51. The van der Waals surface area contributed by atoms with E-state index in [1.165, 1.54) is 12.1 Å². The molecule has 0 aliphatic rings.